The van der Waals surface area contributed by atoms with E-state index in [1.165, 1.54) is 11.3 Å². The number of hydrogen-bond donors (Lipinski definition) is 0. The maximum absolute atomic E-state index is 12.7. The van der Waals surface area contributed by atoms with Gasteiger partial charge in [0, 0.05) is 32.7 Å². The minimum absolute atomic E-state index is 0.167. The number of anilines is 1. The van der Waals surface area contributed by atoms with Crippen molar-refractivity contribution in [1.82, 2.24) is 25.1 Å². The normalized spacial score (nSPS) is 15.8. The lowest BCUT2D eigenvalue weighted by Gasteiger charge is -2.38. The molecule has 1 saturated heterocycles. The van der Waals surface area contributed by atoms with Gasteiger partial charge in [-0.15, -0.1) is 11.3 Å². The number of nitrogens with zero attached hydrogens (tertiary/aromatic N) is 6. The Labute approximate surface area is 139 Å². The lowest BCUT2D eigenvalue weighted by molar-refractivity contribution is 0.0654. The number of carbonyl (C=O) groups excluding carboxylic acids is 1. The second-order valence-electron chi connectivity index (χ2n) is 5.80. The highest BCUT2D eigenvalue weighted by atomic mass is 32.1. The van der Waals surface area contributed by atoms with Gasteiger partial charge in [-0.3, -0.25) is 4.79 Å². The first-order chi connectivity index (χ1) is 11.2. The van der Waals surface area contributed by atoms with Crippen molar-refractivity contribution in [3.8, 4) is 0 Å². The van der Waals surface area contributed by atoms with E-state index in [9.17, 15) is 4.79 Å². The zero-order chi connectivity index (χ0) is 16.2. The van der Waals surface area contributed by atoms with Gasteiger partial charge in [0.25, 0.3) is 5.91 Å². The quantitative estimate of drug-likeness (QED) is 0.834. The summed E-state index contributed by atoms with van der Waals surface area (Å²) in [6.45, 7) is 4.68. The van der Waals surface area contributed by atoms with Crippen LogP contribution in [0.2, 0.25) is 0 Å². The minimum atomic E-state index is 0.167. The Bertz CT molecular complexity index is 632. The van der Waals surface area contributed by atoms with Crippen molar-refractivity contribution < 1.29 is 4.79 Å². The van der Waals surface area contributed by atoms with Crippen molar-refractivity contribution >= 4 is 23.2 Å². The fourth-order valence-electron chi connectivity index (χ4n) is 3.10. The second-order valence-corrected chi connectivity index (χ2v) is 6.74. The lowest BCUT2D eigenvalue weighted by atomic mass is 10.0. The van der Waals surface area contributed by atoms with Crippen LogP contribution in [-0.2, 0) is 7.05 Å². The largest absolute Gasteiger partial charge is 0.340 e. The molecular weight excluding hydrogens is 312 g/mol. The standard InChI is InChI=1S/C15H22N6OS/c1-3-8-21(14(22)13-5-4-11-23-13)12-6-9-20(10-7-12)15-16-17-18-19(15)2/h4-5,11-12H,3,6-10H2,1-2H3. The van der Waals surface area contributed by atoms with Gasteiger partial charge in [-0.1, -0.05) is 18.1 Å². The van der Waals surface area contributed by atoms with Crippen LogP contribution in [0.5, 0.6) is 0 Å². The molecule has 8 heteroatoms. The molecule has 0 spiro atoms. The van der Waals surface area contributed by atoms with Crippen molar-refractivity contribution in [2.24, 2.45) is 7.05 Å². The molecule has 0 N–H and O–H groups in total. The molecule has 7 nitrogen and oxygen atoms in total. The van der Waals surface area contributed by atoms with Crippen LogP contribution in [0.25, 0.3) is 0 Å². The van der Waals surface area contributed by atoms with Crippen LogP contribution in [0.1, 0.15) is 35.9 Å². The molecule has 3 rings (SSSR count). The second kappa shape index (κ2) is 7.08. The number of aryl methyl sites for hydroxylation is 1. The number of aromatic nitrogens is 4. The Morgan fingerprint density at radius 1 is 1.43 bits per heavy atom. The first kappa shape index (κ1) is 15.9. The molecular formula is C15H22N6OS. The first-order valence-electron chi connectivity index (χ1n) is 8.02. The third-order valence-electron chi connectivity index (χ3n) is 4.24. The number of tetrazole rings is 1. The van der Waals surface area contributed by atoms with Crippen LogP contribution in [0.3, 0.4) is 0 Å². The van der Waals surface area contributed by atoms with Crippen LogP contribution >= 0.6 is 11.3 Å². The van der Waals surface area contributed by atoms with E-state index in [0.717, 1.165) is 49.7 Å². The molecule has 0 radical (unpaired) electrons. The number of carbonyl (C=O) groups is 1. The number of hydrogen-bond acceptors (Lipinski definition) is 6. The fourth-order valence-corrected chi connectivity index (χ4v) is 3.78. The van der Waals surface area contributed by atoms with E-state index in [4.69, 9.17) is 0 Å². The predicted molar refractivity (Wildman–Crippen MR) is 89.7 cm³/mol. The van der Waals surface area contributed by atoms with Gasteiger partial charge >= 0.3 is 0 Å². The molecule has 1 aliphatic heterocycles. The van der Waals surface area contributed by atoms with Gasteiger partial charge in [0.15, 0.2) is 0 Å². The van der Waals surface area contributed by atoms with Gasteiger partial charge in [0.05, 0.1) is 4.88 Å². The molecule has 0 saturated carbocycles. The number of thiophene rings is 1. The fraction of sp³-hybridized carbons (Fsp3) is 0.600. The van der Waals surface area contributed by atoms with Crippen molar-refractivity contribution in [1.29, 1.82) is 0 Å². The summed E-state index contributed by atoms with van der Waals surface area (Å²) in [7, 11) is 1.85. The summed E-state index contributed by atoms with van der Waals surface area (Å²) < 4.78 is 1.70. The van der Waals surface area contributed by atoms with Crippen molar-refractivity contribution in [2.75, 3.05) is 24.5 Å². The maximum Gasteiger partial charge on any atom is 0.264 e. The van der Waals surface area contributed by atoms with E-state index in [2.05, 4.69) is 32.2 Å². The van der Waals surface area contributed by atoms with Crippen LogP contribution < -0.4 is 4.90 Å². The lowest BCUT2D eigenvalue weighted by Crippen LogP contribution is -2.48. The van der Waals surface area contributed by atoms with Gasteiger partial charge in [-0.25, -0.2) is 4.68 Å². The van der Waals surface area contributed by atoms with Gasteiger partial charge in [-0.05, 0) is 41.1 Å². The predicted octanol–water partition coefficient (Wildman–Crippen LogP) is 1.79. The Balaban J connectivity index is 1.66. The molecule has 0 aliphatic carbocycles. The average molecular weight is 334 g/mol. The van der Waals surface area contributed by atoms with E-state index >= 15 is 0 Å². The minimum Gasteiger partial charge on any atom is -0.340 e. The molecule has 2 aromatic heterocycles. The molecule has 1 amide bonds. The maximum atomic E-state index is 12.7. The summed E-state index contributed by atoms with van der Waals surface area (Å²) in [5.74, 6) is 0.968. The molecule has 0 aromatic carbocycles. The zero-order valence-corrected chi connectivity index (χ0v) is 14.4. The van der Waals surface area contributed by atoms with Crippen molar-refractivity contribution in [3.63, 3.8) is 0 Å². The summed E-state index contributed by atoms with van der Waals surface area (Å²) in [6, 6.07) is 4.14. The molecule has 1 aliphatic rings. The summed E-state index contributed by atoms with van der Waals surface area (Å²) >= 11 is 1.52. The third kappa shape index (κ3) is 3.36. The number of amides is 1. The summed E-state index contributed by atoms with van der Waals surface area (Å²) in [4.78, 5) is 17.8. The Hall–Kier alpha value is -1.96. The number of rotatable bonds is 5. The van der Waals surface area contributed by atoms with Crippen molar-refractivity contribution in [2.45, 2.75) is 32.2 Å². The van der Waals surface area contributed by atoms with Crippen molar-refractivity contribution in [3.05, 3.63) is 22.4 Å². The molecule has 0 atom stereocenters. The van der Waals surface area contributed by atoms with Crippen LogP contribution in [0.15, 0.2) is 17.5 Å². The molecule has 23 heavy (non-hydrogen) atoms. The topological polar surface area (TPSA) is 67.2 Å². The Kier molecular flexibility index (Phi) is 4.90. The SMILES string of the molecule is CCCN(C(=O)c1cccs1)C1CCN(c2nnnn2C)CC1. The van der Waals surface area contributed by atoms with Gasteiger partial charge in [-0.2, -0.15) is 0 Å². The molecule has 2 aromatic rings. The highest BCUT2D eigenvalue weighted by Crippen LogP contribution is 2.23. The molecule has 0 bridgehead atoms. The van der Waals surface area contributed by atoms with Gasteiger partial charge in [0.2, 0.25) is 5.95 Å². The van der Waals surface area contributed by atoms with Crippen LogP contribution in [0, 0.1) is 0 Å². The molecule has 1 fully saturated rings. The molecule has 0 unspecified atom stereocenters. The number of piperidine rings is 1. The summed E-state index contributed by atoms with van der Waals surface area (Å²) in [5, 5.41) is 13.6. The first-order valence-corrected chi connectivity index (χ1v) is 8.90. The van der Waals surface area contributed by atoms with E-state index in [-0.39, 0.29) is 5.91 Å². The third-order valence-corrected chi connectivity index (χ3v) is 5.10. The summed E-state index contributed by atoms with van der Waals surface area (Å²) in [6.07, 6.45) is 2.87. The van der Waals surface area contributed by atoms with E-state index < -0.39 is 0 Å². The Morgan fingerprint density at radius 3 is 2.78 bits per heavy atom. The van der Waals surface area contributed by atoms with Crippen LogP contribution in [0.4, 0.5) is 5.95 Å². The Morgan fingerprint density at radius 2 is 2.22 bits per heavy atom. The highest BCUT2D eigenvalue weighted by Gasteiger charge is 2.29. The highest BCUT2D eigenvalue weighted by molar-refractivity contribution is 7.12. The van der Waals surface area contributed by atoms with Gasteiger partial charge < -0.3 is 9.80 Å². The average Bonchev–Trinajstić information content (AvgIpc) is 3.24. The van der Waals surface area contributed by atoms with E-state index in [1.54, 1.807) is 4.68 Å². The summed E-state index contributed by atoms with van der Waals surface area (Å²) in [5.41, 5.74) is 0. The van der Waals surface area contributed by atoms with E-state index in [1.807, 2.05) is 24.6 Å². The van der Waals surface area contributed by atoms with E-state index in [0.29, 0.717) is 6.04 Å². The smallest absolute Gasteiger partial charge is 0.264 e. The van der Waals surface area contributed by atoms with Crippen LogP contribution in [-0.4, -0.2) is 56.7 Å². The molecule has 3 heterocycles. The van der Waals surface area contributed by atoms with Gasteiger partial charge in [0.1, 0.15) is 0 Å². The monoisotopic (exact) mass is 334 g/mol. The molecule has 124 valence electrons. The zero-order valence-electron chi connectivity index (χ0n) is 13.6.